The number of nitrogens with one attached hydrogen (secondary N) is 2. The second-order valence-corrected chi connectivity index (χ2v) is 5.57. The zero-order valence-electron chi connectivity index (χ0n) is 13.8. The number of likely N-dealkylation sites (N-methyl/N-ethyl adjacent to an activating group) is 1. The third kappa shape index (κ3) is 5.92. The highest BCUT2D eigenvalue weighted by molar-refractivity contribution is 5.97. The predicted octanol–water partition coefficient (Wildman–Crippen LogP) is 1.01. The van der Waals surface area contributed by atoms with Crippen LogP contribution in [0.4, 0.5) is 23.7 Å². The van der Waals surface area contributed by atoms with E-state index in [2.05, 4.69) is 15.4 Å². The van der Waals surface area contributed by atoms with E-state index >= 15 is 0 Å². The Bertz CT molecular complexity index is 678. The number of benzene rings is 1. The fourth-order valence-electron chi connectivity index (χ4n) is 2.27. The fraction of sp³-hybridized carbons (Fsp3) is 0.400. The van der Waals surface area contributed by atoms with Gasteiger partial charge in [0.2, 0.25) is 11.8 Å². The van der Waals surface area contributed by atoms with Gasteiger partial charge in [-0.2, -0.15) is 0 Å². The van der Waals surface area contributed by atoms with Gasteiger partial charge >= 0.3 is 12.4 Å². The summed E-state index contributed by atoms with van der Waals surface area (Å²) < 4.78 is 40.0. The summed E-state index contributed by atoms with van der Waals surface area (Å²) in [6.07, 6.45) is -4.79. The van der Waals surface area contributed by atoms with E-state index in [0.29, 0.717) is 6.54 Å². The molecule has 0 saturated carbocycles. The Morgan fingerprint density at radius 1 is 1.27 bits per heavy atom. The van der Waals surface area contributed by atoms with Gasteiger partial charge in [-0.15, -0.1) is 13.2 Å². The first kappa shape index (κ1) is 19.5. The minimum atomic E-state index is -4.79. The largest absolute Gasteiger partial charge is 0.573 e. The van der Waals surface area contributed by atoms with Gasteiger partial charge in [-0.25, -0.2) is 4.79 Å². The van der Waals surface area contributed by atoms with Crippen molar-refractivity contribution in [2.24, 2.45) is 0 Å². The minimum absolute atomic E-state index is 0.126. The van der Waals surface area contributed by atoms with Crippen LogP contribution < -0.4 is 15.4 Å². The Morgan fingerprint density at radius 2 is 1.92 bits per heavy atom. The molecular formula is C15H17F3N4O4. The third-order valence-corrected chi connectivity index (χ3v) is 3.35. The number of amides is 4. The highest BCUT2D eigenvalue weighted by Crippen LogP contribution is 2.23. The van der Waals surface area contributed by atoms with Crippen LogP contribution in [0.2, 0.25) is 0 Å². The van der Waals surface area contributed by atoms with Crippen molar-refractivity contribution in [3.05, 3.63) is 24.3 Å². The van der Waals surface area contributed by atoms with Crippen LogP contribution in [0, 0.1) is 0 Å². The first-order valence-corrected chi connectivity index (χ1v) is 7.56. The molecule has 4 amide bonds. The first-order chi connectivity index (χ1) is 12.1. The maximum absolute atomic E-state index is 12.1. The molecule has 1 heterocycles. The summed E-state index contributed by atoms with van der Waals surface area (Å²) in [6.45, 7) is 0.411. The first-order valence-electron chi connectivity index (χ1n) is 7.56. The van der Waals surface area contributed by atoms with Crippen LogP contribution in [-0.2, 0) is 9.59 Å². The molecule has 0 aromatic heterocycles. The lowest BCUT2D eigenvalue weighted by Crippen LogP contribution is -2.42. The van der Waals surface area contributed by atoms with Crippen molar-refractivity contribution in [2.75, 3.05) is 38.5 Å². The molecule has 2 N–H and O–H groups in total. The smallest absolute Gasteiger partial charge is 0.406 e. The molecule has 8 nitrogen and oxygen atoms in total. The Balaban J connectivity index is 1.80. The average molecular weight is 374 g/mol. The molecule has 1 aliphatic heterocycles. The molecule has 2 rings (SSSR count). The van der Waals surface area contributed by atoms with Crippen molar-refractivity contribution >= 4 is 23.5 Å². The summed E-state index contributed by atoms with van der Waals surface area (Å²) in [5.74, 6) is -1.29. The number of halogens is 3. The highest BCUT2D eigenvalue weighted by atomic mass is 19.4. The van der Waals surface area contributed by atoms with Crippen LogP contribution in [0.15, 0.2) is 24.3 Å². The molecule has 1 fully saturated rings. The maximum Gasteiger partial charge on any atom is 0.573 e. The van der Waals surface area contributed by atoms with Gasteiger partial charge in [-0.3, -0.25) is 19.4 Å². The molecule has 11 heteroatoms. The van der Waals surface area contributed by atoms with Crippen molar-refractivity contribution < 1.29 is 32.3 Å². The van der Waals surface area contributed by atoms with E-state index in [1.807, 2.05) is 0 Å². The van der Waals surface area contributed by atoms with E-state index in [0.717, 1.165) is 17.0 Å². The number of imide groups is 1. The molecule has 0 bridgehead atoms. The van der Waals surface area contributed by atoms with Crippen molar-refractivity contribution in [3.8, 4) is 5.75 Å². The van der Waals surface area contributed by atoms with Crippen LogP contribution in [0.25, 0.3) is 0 Å². The number of nitrogens with zero attached hydrogens (tertiary/aromatic N) is 2. The van der Waals surface area contributed by atoms with Gasteiger partial charge in [0.15, 0.2) is 0 Å². The Kier molecular flexibility index (Phi) is 6.03. The molecule has 1 saturated heterocycles. The van der Waals surface area contributed by atoms with E-state index in [-0.39, 0.29) is 25.3 Å². The fourth-order valence-corrected chi connectivity index (χ4v) is 2.27. The Hall–Kier alpha value is -2.82. The summed E-state index contributed by atoms with van der Waals surface area (Å²) in [6, 6.07) is 4.20. The molecule has 0 unspecified atom stereocenters. The van der Waals surface area contributed by atoms with Gasteiger partial charge in [0.05, 0.1) is 13.1 Å². The van der Waals surface area contributed by atoms with E-state index in [4.69, 9.17) is 0 Å². The van der Waals surface area contributed by atoms with E-state index in [9.17, 15) is 27.6 Å². The molecule has 0 atom stereocenters. The molecule has 0 radical (unpaired) electrons. The molecular weight excluding hydrogens is 357 g/mol. The second kappa shape index (κ2) is 8.04. The summed E-state index contributed by atoms with van der Waals surface area (Å²) in [5, 5.41) is 5.00. The van der Waals surface area contributed by atoms with Gasteiger partial charge in [-0.1, -0.05) is 0 Å². The third-order valence-electron chi connectivity index (χ3n) is 3.35. The van der Waals surface area contributed by atoms with Crippen LogP contribution in [0.5, 0.6) is 5.75 Å². The predicted molar refractivity (Wildman–Crippen MR) is 84.4 cm³/mol. The van der Waals surface area contributed by atoms with Crippen LogP contribution in [-0.4, -0.2) is 67.2 Å². The molecule has 1 aromatic carbocycles. The summed E-state index contributed by atoms with van der Waals surface area (Å²) >= 11 is 0. The second-order valence-electron chi connectivity index (χ2n) is 5.57. The molecule has 1 aliphatic rings. The van der Waals surface area contributed by atoms with Gasteiger partial charge < -0.3 is 15.4 Å². The van der Waals surface area contributed by atoms with Gasteiger partial charge in [0.25, 0.3) is 0 Å². The number of rotatable bonds is 6. The van der Waals surface area contributed by atoms with E-state index in [1.165, 1.54) is 24.1 Å². The molecule has 0 aliphatic carbocycles. The van der Waals surface area contributed by atoms with Crippen LogP contribution in [0.3, 0.4) is 0 Å². The van der Waals surface area contributed by atoms with Crippen LogP contribution >= 0.6 is 0 Å². The molecule has 0 spiro atoms. The SMILES string of the molecule is CN(CC(=O)Nc1ccc(OC(F)(F)F)cc1)CC(=O)N1CCNC1=O. The van der Waals surface area contributed by atoms with Crippen molar-refractivity contribution in [1.29, 1.82) is 0 Å². The number of alkyl halides is 3. The number of hydrogen-bond acceptors (Lipinski definition) is 5. The molecule has 1 aromatic rings. The topological polar surface area (TPSA) is 91.0 Å². The normalized spacial score (nSPS) is 14.3. The standard InChI is InChI=1S/C15H17F3N4O4/c1-21(9-13(24)22-7-6-19-14(22)25)8-12(23)20-10-2-4-11(5-3-10)26-15(16,17)18/h2-5H,6-9H2,1H3,(H,19,25)(H,20,23). The Labute approximate surface area is 146 Å². The van der Waals surface area contributed by atoms with Crippen molar-refractivity contribution in [3.63, 3.8) is 0 Å². The average Bonchev–Trinajstić information content (AvgIpc) is 2.93. The number of carbonyl (C=O) groups excluding carboxylic acids is 3. The van der Waals surface area contributed by atoms with Crippen molar-refractivity contribution in [2.45, 2.75) is 6.36 Å². The quantitative estimate of drug-likeness (QED) is 0.776. The zero-order valence-corrected chi connectivity index (χ0v) is 13.8. The van der Waals surface area contributed by atoms with E-state index < -0.39 is 30.0 Å². The summed E-state index contributed by atoms with van der Waals surface area (Å²) in [5.41, 5.74) is 0.281. The lowest BCUT2D eigenvalue weighted by atomic mass is 10.3. The number of ether oxygens (including phenoxy) is 1. The Morgan fingerprint density at radius 3 is 2.46 bits per heavy atom. The monoisotopic (exact) mass is 374 g/mol. The zero-order chi connectivity index (χ0) is 19.3. The van der Waals surface area contributed by atoms with Gasteiger partial charge in [0, 0.05) is 18.8 Å². The summed E-state index contributed by atoms with van der Waals surface area (Å²) in [4.78, 5) is 37.8. The van der Waals surface area contributed by atoms with Crippen LogP contribution in [0.1, 0.15) is 0 Å². The lowest BCUT2D eigenvalue weighted by molar-refractivity contribution is -0.274. The number of urea groups is 1. The number of hydrogen-bond donors (Lipinski definition) is 2. The minimum Gasteiger partial charge on any atom is -0.406 e. The maximum atomic E-state index is 12.1. The van der Waals surface area contributed by atoms with Gasteiger partial charge in [0.1, 0.15) is 5.75 Å². The van der Waals surface area contributed by atoms with Crippen molar-refractivity contribution in [1.82, 2.24) is 15.1 Å². The highest BCUT2D eigenvalue weighted by Gasteiger charge is 2.31. The van der Waals surface area contributed by atoms with E-state index in [1.54, 1.807) is 0 Å². The number of anilines is 1. The van der Waals surface area contributed by atoms with Gasteiger partial charge in [-0.05, 0) is 31.3 Å². The number of carbonyl (C=O) groups is 3. The lowest BCUT2D eigenvalue weighted by Gasteiger charge is -2.19. The molecule has 142 valence electrons. The molecule has 26 heavy (non-hydrogen) atoms. The summed E-state index contributed by atoms with van der Waals surface area (Å²) in [7, 11) is 1.53.